The molecule has 0 saturated carbocycles. The Balaban J connectivity index is 3.26. The molecule has 0 aliphatic rings. The summed E-state index contributed by atoms with van der Waals surface area (Å²) >= 11 is 0. The Morgan fingerprint density at radius 1 is 0.220 bits per heavy atom. The lowest BCUT2D eigenvalue weighted by Crippen LogP contribution is -2.41. The van der Waals surface area contributed by atoms with Crippen LogP contribution in [0.4, 0.5) is 0 Å². The normalized spacial score (nSPS) is 12.0. The summed E-state index contributed by atoms with van der Waals surface area (Å²) in [6.07, 6.45) is 49.9. The Labute approximate surface area is 263 Å². The van der Waals surface area contributed by atoms with Gasteiger partial charge in [-0.15, -0.1) is 0 Å². The van der Waals surface area contributed by atoms with Gasteiger partial charge in [0.05, 0.1) is 27.2 Å². The molecule has 1 heteroatoms. The maximum Gasteiger partial charge on any atom is 0.0782 e. The molecule has 0 radical (unpaired) electrons. The summed E-state index contributed by atoms with van der Waals surface area (Å²) in [6, 6.07) is 0. The molecule has 1 nitrogen and oxygen atoms in total. The lowest BCUT2D eigenvalue weighted by molar-refractivity contribution is -0.890. The van der Waals surface area contributed by atoms with Gasteiger partial charge in [-0.25, -0.2) is 0 Å². The van der Waals surface area contributed by atoms with Crippen molar-refractivity contribution < 1.29 is 4.48 Å². The van der Waals surface area contributed by atoms with E-state index in [1.807, 2.05) is 0 Å². The molecule has 0 aromatic rings. The third kappa shape index (κ3) is 36.1. The largest absolute Gasteiger partial charge is 0.328 e. The fourth-order valence-corrected chi connectivity index (χ4v) is 6.64. The summed E-state index contributed by atoms with van der Waals surface area (Å²) in [5.74, 6) is 0. The predicted octanol–water partition coefficient (Wildman–Crippen LogP) is 14.4. The summed E-state index contributed by atoms with van der Waals surface area (Å²) in [5, 5.41) is 0. The maximum atomic E-state index is 2.47. The van der Waals surface area contributed by atoms with E-state index >= 15 is 0 Å². The van der Waals surface area contributed by atoms with Gasteiger partial charge in [0.15, 0.2) is 0 Å². The van der Waals surface area contributed by atoms with E-state index in [1.54, 1.807) is 0 Å². The van der Waals surface area contributed by atoms with Crippen molar-refractivity contribution in [3.8, 4) is 0 Å². The Morgan fingerprint density at radius 2 is 0.366 bits per heavy atom. The zero-order valence-corrected chi connectivity index (χ0v) is 29.9. The van der Waals surface area contributed by atoms with E-state index < -0.39 is 0 Å². The highest BCUT2D eigenvalue weighted by Crippen LogP contribution is 2.16. The number of hydrogen-bond acceptors (Lipinski definition) is 0. The van der Waals surface area contributed by atoms with E-state index in [0.717, 1.165) is 0 Å². The monoisotopic (exact) mass is 579 g/mol. The van der Waals surface area contributed by atoms with Gasteiger partial charge in [0.2, 0.25) is 0 Å². The molecule has 0 amide bonds. The molecule has 0 atom stereocenters. The van der Waals surface area contributed by atoms with Crippen molar-refractivity contribution in [2.75, 3.05) is 27.2 Å². The van der Waals surface area contributed by atoms with E-state index in [-0.39, 0.29) is 0 Å². The SMILES string of the molecule is CCCCCCCCCCCCCCCCCCCC[N+](C)(C)CCCCCCCCCCCCCCCCCC. The van der Waals surface area contributed by atoms with Gasteiger partial charge in [-0.2, -0.15) is 0 Å². The predicted molar refractivity (Wildman–Crippen MR) is 190 cm³/mol. The van der Waals surface area contributed by atoms with Crippen LogP contribution < -0.4 is 0 Å². The van der Waals surface area contributed by atoms with Crippen LogP contribution in [0.3, 0.4) is 0 Å². The van der Waals surface area contributed by atoms with Crippen molar-refractivity contribution in [2.45, 2.75) is 232 Å². The van der Waals surface area contributed by atoms with Crippen molar-refractivity contribution in [1.29, 1.82) is 0 Å². The quantitative estimate of drug-likeness (QED) is 0.0512. The molecule has 0 N–H and O–H groups in total. The molecule has 41 heavy (non-hydrogen) atoms. The smallest absolute Gasteiger partial charge is 0.0782 e. The van der Waals surface area contributed by atoms with Crippen LogP contribution in [0, 0.1) is 0 Å². The van der Waals surface area contributed by atoms with E-state index in [4.69, 9.17) is 0 Å². The van der Waals surface area contributed by atoms with Gasteiger partial charge in [0, 0.05) is 0 Å². The van der Waals surface area contributed by atoms with Gasteiger partial charge in [-0.1, -0.05) is 206 Å². The molecular formula is C40H84N+. The van der Waals surface area contributed by atoms with Crippen LogP contribution in [0.25, 0.3) is 0 Å². The summed E-state index contributed by atoms with van der Waals surface area (Å²) in [6.45, 7) is 7.39. The lowest BCUT2D eigenvalue weighted by Gasteiger charge is -2.30. The highest BCUT2D eigenvalue weighted by molar-refractivity contribution is 4.52. The molecule has 0 unspecified atom stereocenters. The van der Waals surface area contributed by atoms with Crippen LogP contribution >= 0.6 is 0 Å². The van der Waals surface area contributed by atoms with Gasteiger partial charge in [-0.05, 0) is 25.7 Å². The Kier molecular flexibility index (Phi) is 34.4. The summed E-state index contributed by atoms with van der Waals surface area (Å²) in [7, 11) is 4.94. The molecule has 0 aromatic heterocycles. The van der Waals surface area contributed by atoms with Crippen LogP contribution in [0.5, 0.6) is 0 Å². The topological polar surface area (TPSA) is 0 Å². The van der Waals surface area contributed by atoms with Crippen molar-refractivity contribution in [3.05, 3.63) is 0 Å². The molecule has 0 heterocycles. The number of rotatable bonds is 36. The second-order valence-corrected chi connectivity index (χ2v) is 14.7. The van der Waals surface area contributed by atoms with Gasteiger partial charge in [-0.3, -0.25) is 0 Å². The van der Waals surface area contributed by atoms with E-state index in [9.17, 15) is 0 Å². The minimum Gasteiger partial charge on any atom is -0.328 e. The molecule has 0 spiro atoms. The van der Waals surface area contributed by atoms with E-state index in [2.05, 4.69) is 27.9 Å². The number of quaternary nitrogens is 1. The number of unbranched alkanes of at least 4 members (excludes halogenated alkanes) is 32. The Hall–Kier alpha value is -0.0400. The van der Waals surface area contributed by atoms with E-state index in [1.165, 1.54) is 236 Å². The molecule has 0 aliphatic carbocycles. The van der Waals surface area contributed by atoms with Gasteiger partial charge >= 0.3 is 0 Å². The average Bonchev–Trinajstić information content (AvgIpc) is 2.96. The molecule has 0 saturated heterocycles. The molecule has 248 valence electrons. The highest BCUT2D eigenvalue weighted by atomic mass is 15.3. The van der Waals surface area contributed by atoms with Gasteiger partial charge in [0.25, 0.3) is 0 Å². The molecule has 0 aromatic carbocycles. The number of nitrogens with zero attached hydrogens (tertiary/aromatic N) is 1. The van der Waals surface area contributed by atoms with Crippen LogP contribution in [0.15, 0.2) is 0 Å². The molecule has 0 bridgehead atoms. The van der Waals surface area contributed by atoms with Crippen molar-refractivity contribution in [3.63, 3.8) is 0 Å². The van der Waals surface area contributed by atoms with Crippen molar-refractivity contribution in [1.82, 2.24) is 0 Å². The highest BCUT2D eigenvalue weighted by Gasteiger charge is 2.13. The maximum absolute atomic E-state index is 2.47. The first kappa shape index (κ1) is 41.0. The van der Waals surface area contributed by atoms with Gasteiger partial charge in [0.1, 0.15) is 0 Å². The van der Waals surface area contributed by atoms with Gasteiger partial charge < -0.3 is 4.48 Å². The minimum absolute atomic E-state index is 1.25. The number of hydrogen-bond donors (Lipinski definition) is 0. The van der Waals surface area contributed by atoms with Crippen molar-refractivity contribution >= 4 is 0 Å². The zero-order chi connectivity index (χ0) is 30.0. The van der Waals surface area contributed by atoms with Crippen molar-refractivity contribution in [2.24, 2.45) is 0 Å². The average molecular weight is 579 g/mol. The van der Waals surface area contributed by atoms with Crippen LogP contribution in [0.1, 0.15) is 232 Å². The van der Waals surface area contributed by atoms with Crippen LogP contribution in [0.2, 0.25) is 0 Å². The van der Waals surface area contributed by atoms with Crippen LogP contribution in [-0.2, 0) is 0 Å². The second-order valence-electron chi connectivity index (χ2n) is 14.7. The zero-order valence-electron chi connectivity index (χ0n) is 29.9. The minimum atomic E-state index is 1.25. The third-order valence-corrected chi connectivity index (χ3v) is 9.73. The Morgan fingerprint density at radius 3 is 0.537 bits per heavy atom. The molecule has 0 fully saturated rings. The first-order valence-electron chi connectivity index (χ1n) is 19.9. The summed E-state index contributed by atoms with van der Waals surface area (Å²) in [4.78, 5) is 0. The molecule has 0 rings (SSSR count). The summed E-state index contributed by atoms with van der Waals surface area (Å²) in [5.41, 5.74) is 0. The third-order valence-electron chi connectivity index (χ3n) is 9.73. The first-order chi connectivity index (χ1) is 20.1. The van der Waals surface area contributed by atoms with E-state index in [0.29, 0.717) is 0 Å². The molecule has 0 aliphatic heterocycles. The summed E-state index contributed by atoms with van der Waals surface area (Å²) < 4.78 is 1.25. The lowest BCUT2D eigenvalue weighted by atomic mass is 10.0. The first-order valence-corrected chi connectivity index (χ1v) is 19.9. The Bertz CT molecular complexity index is 456. The molecular weight excluding hydrogens is 494 g/mol. The second kappa shape index (κ2) is 34.5. The fraction of sp³-hybridized carbons (Fsp3) is 1.00. The standard InChI is InChI=1S/C40H84N/c1-5-7-9-11-13-15-17-19-21-23-24-26-28-30-32-34-36-38-40-41(3,4)39-37-35-33-31-29-27-25-22-20-18-16-14-12-10-8-6-2/h5-40H2,1-4H3/q+1. The fourth-order valence-electron chi connectivity index (χ4n) is 6.64. The van der Waals surface area contributed by atoms with Crippen LogP contribution in [-0.4, -0.2) is 31.7 Å².